The second-order valence-electron chi connectivity index (χ2n) is 5.45. The molecule has 7 heteroatoms. The van der Waals surface area contributed by atoms with Crippen LogP contribution in [0.5, 0.6) is 5.75 Å². The van der Waals surface area contributed by atoms with Crippen LogP contribution >= 0.6 is 0 Å². The maximum atomic E-state index is 12.5. The van der Waals surface area contributed by atoms with E-state index in [4.69, 9.17) is 0 Å². The minimum Gasteiger partial charge on any atom is -0.435 e. The van der Waals surface area contributed by atoms with Gasteiger partial charge < -0.3 is 15.0 Å². The fraction of sp³-hybridized carbons (Fsp3) is 0.222. The Morgan fingerprint density at radius 3 is 2.44 bits per heavy atom. The molecule has 0 saturated carbocycles. The van der Waals surface area contributed by atoms with Crippen LogP contribution in [0.3, 0.4) is 0 Å². The normalized spacial score (nSPS) is 10.4. The highest BCUT2D eigenvalue weighted by atomic mass is 19.3. The highest BCUT2D eigenvalue weighted by molar-refractivity contribution is 5.96. The first-order valence-corrected chi connectivity index (χ1v) is 7.52. The van der Waals surface area contributed by atoms with Gasteiger partial charge in [-0.25, -0.2) is 0 Å². The number of benzene rings is 2. The predicted molar refractivity (Wildman–Crippen MR) is 89.6 cm³/mol. The van der Waals surface area contributed by atoms with E-state index in [0.717, 1.165) is 5.56 Å². The lowest BCUT2D eigenvalue weighted by Gasteiger charge is -2.18. The van der Waals surface area contributed by atoms with Gasteiger partial charge in [-0.2, -0.15) is 8.78 Å². The summed E-state index contributed by atoms with van der Waals surface area (Å²) in [7, 11) is 1.64. The Balaban J connectivity index is 2.03. The molecule has 1 N–H and O–H groups in total. The highest BCUT2D eigenvalue weighted by Crippen LogP contribution is 2.17. The SMILES string of the molecule is CC(=O)Nc1cccc(C(=O)N(C)Cc2ccc(OC(F)F)cc2)c1. The van der Waals surface area contributed by atoms with E-state index in [-0.39, 0.29) is 17.6 Å². The zero-order valence-electron chi connectivity index (χ0n) is 13.8. The number of rotatable bonds is 6. The first-order valence-electron chi connectivity index (χ1n) is 7.52. The standard InChI is InChI=1S/C18H18F2N2O3/c1-12(23)21-15-5-3-4-14(10-15)17(24)22(2)11-13-6-8-16(9-7-13)25-18(19)20/h3-10,18H,11H2,1-2H3,(H,21,23). The molecule has 2 aromatic carbocycles. The van der Waals surface area contributed by atoms with Crippen molar-refractivity contribution < 1.29 is 23.1 Å². The third-order valence-corrected chi connectivity index (χ3v) is 3.34. The molecule has 0 aliphatic rings. The minimum atomic E-state index is -2.87. The van der Waals surface area contributed by atoms with Crippen molar-refractivity contribution in [1.82, 2.24) is 4.90 Å². The summed E-state index contributed by atoms with van der Waals surface area (Å²) in [6.07, 6.45) is 0. The van der Waals surface area contributed by atoms with Gasteiger partial charge >= 0.3 is 6.61 Å². The molecule has 0 bridgehead atoms. The second-order valence-corrected chi connectivity index (χ2v) is 5.45. The van der Waals surface area contributed by atoms with Gasteiger partial charge in [-0.15, -0.1) is 0 Å². The van der Waals surface area contributed by atoms with E-state index >= 15 is 0 Å². The molecule has 25 heavy (non-hydrogen) atoms. The summed E-state index contributed by atoms with van der Waals surface area (Å²) in [6, 6.07) is 12.7. The van der Waals surface area contributed by atoms with E-state index in [1.54, 1.807) is 43.4 Å². The molecule has 2 rings (SSSR count). The number of carbonyl (C=O) groups excluding carboxylic acids is 2. The van der Waals surface area contributed by atoms with Crippen molar-refractivity contribution in [2.45, 2.75) is 20.1 Å². The molecule has 0 fully saturated rings. The number of amides is 2. The van der Waals surface area contributed by atoms with Crippen molar-refractivity contribution in [2.75, 3.05) is 12.4 Å². The van der Waals surface area contributed by atoms with Crippen LogP contribution < -0.4 is 10.1 Å². The zero-order valence-corrected chi connectivity index (χ0v) is 13.8. The predicted octanol–water partition coefficient (Wildman–Crippen LogP) is 3.52. The lowest BCUT2D eigenvalue weighted by molar-refractivity contribution is -0.114. The molecule has 0 heterocycles. The van der Waals surface area contributed by atoms with Gasteiger partial charge in [0.25, 0.3) is 5.91 Å². The van der Waals surface area contributed by atoms with Gasteiger partial charge in [0.15, 0.2) is 0 Å². The van der Waals surface area contributed by atoms with Gasteiger partial charge in [-0.05, 0) is 35.9 Å². The fourth-order valence-electron chi connectivity index (χ4n) is 2.28. The Morgan fingerprint density at radius 1 is 1.16 bits per heavy atom. The molecule has 0 saturated heterocycles. The lowest BCUT2D eigenvalue weighted by atomic mass is 10.1. The summed E-state index contributed by atoms with van der Waals surface area (Å²) >= 11 is 0. The number of carbonyl (C=O) groups is 2. The number of hydrogen-bond donors (Lipinski definition) is 1. The average Bonchev–Trinajstić information content (AvgIpc) is 2.55. The monoisotopic (exact) mass is 348 g/mol. The summed E-state index contributed by atoms with van der Waals surface area (Å²) in [5, 5.41) is 2.63. The summed E-state index contributed by atoms with van der Waals surface area (Å²) in [6.45, 7) is -1.17. The molecule has 0 aromatic heterocycles. The summed E-state index contributed by atoms with van der Waals surface area (Å²) in [4.78, 5) is 25.1. The molecular weight excluding hydrogens is 330 g/mol. The first kappa shape index (κ1) is 18.4. The average molecular weight is 348 g/mol. The van der Waals surface area contributed by atoms with E-state index in [0.29, 0.717) is 17.8 Å². The number of hydrogen-bond acceptors (Lipinski definition) is 3. The van der Waals surface area contributed by atoms with Crippen LogP contribution in [-0.2, 0) is 11.3 Å². The van der Waals surface area contributed by atoms with Crippen molar-refractivity contribution in [3.63, 3.8) is 0 Å². The minimum absolute atomic E-state index is 0.0655. The number of nitrogens with one attached hydrogen (secondary N) is 1. The Morgan fingerprint density at radius 2 is 1.84 bits per heavy atom. The van der Waals surface area contributed by atoms with Crippen LogP contribution in [0.4, 0.5) is 14.5 Å². The number of nitrogens with zero attached hydrogens (tertiary/aromatic N) is 1. The molecule has 0 aliphatic carbocycles. The zero-order chi connectivity index (χ0) is 18.4. The second kappa shape index (κ2) is 8.23. The maximum absolute atomic E-state index is 12.5. The van der Waals surface area contributed by atoms with Gasteiger partial charge in [0.1, 0.15) is 5.75 Å². The lowest BCUT2D eigenvalue weighted by Crippen LogP contribution is -2.26. The van der Waals surface area contributed by atoms with Gasteiger partial charge in [-0.3, -0.25) is 9.59 Å². The molecule has 2 aromatic rings. The number of ether oxygens (including phenoxy) is 1. The van der Waals surface area contributed by atoms with Crippen LogP contribution in [0.25, 0.3) is 0 Å². The molecule has 132 valence electrons. The van der Waals surface area contributed by atoms with Crippen LogP contribution in [-0.4, -0.2) is 30.4 Å². The van der Waals surface area contributed by atoms with Crippen LogP contribution in [0.2, 0.25) is 0 Å². The summed E-state index contributed by atoms with van der Waals surface area (Å²) < 4.78 is 28.6. The molecule has 0 unspecified atom stereocenters. The molecule has 0 aliphatic heterocycles. The Bertz CT molecular complexity index is 748. The van der Waals surface area contributed by atoms with Crippen molar-refractivity contribution in [2.24, 2.45) is 0 Å². The van der Waals surface area contributed by atoms with Gasteiger partial charge in [0.2, 0.25) is 5.91 Å². The van der Waals surface area contributed by atoms with Gasteiger partial charge in [0, 0.05) is 31.8 Å². The van der Waals surface area contributed by atoms with E-state index in [9.17, 15) is 18.4 Å². The Kier molecular flexibility index (Phi) is 6.05. The van der Waals surface area contributed by atoms with E-state index in [1.165, 1.54) is 24.0 Å². The van der Waals surface area contributed by atoms with Crippen molar-refractivity contribution >= 4 is 17.5 Å². The van der Waals surface area contributed by atoms with Crippen LogP contribution in [0.1, 0.15) is 22.8 Å². The summed E-state index contributed by atoms with van der Waals surface area (Å²) in [5.41, 5.74) is 1.75. The molecule has 2 amide bonds. The van der Waals surface area contributed by atoms with Crippen molar-refractivity contribution in [3.05, 3.63) is 59.7 Å². The van der Waals surface area contributed by atoms with Crippen LogP contribution in [0, 0.1) is 0 Å². The van der Waals surface area contributed by atoms with Crippen molar-refractivity contribution in [3.8, 4) is 5.75 Å². The first-order chi connectivity index (χ1) is 11.8. The topological polar surface area (TPSA) is 58.6 Å². The highest BCUT2D eigenvalue weighted by Gasteiger charge is 2.13. The number of halogens is 2. The van der Waals surface area contributed by atoms with Crippen molar-refractivity contribution in [1.29, 1.82) is 0 Å². The smallest absolute Gasteiger partial charge is 0.387 e. The third-order valence-electron chi connectivity index (χ3n) is 3.34. The Labute approximate surface area is 144 Å². The quantitative estimate of drug-likeness (QED) is 0.869. The number of alkyl halides is 2. The molecular formula is C18H18F2N2O3. The fourth-order valence-corrected chi connectivity index (χ4v) is 2.28. The molecule has 0 radical (unpaired) electrons. The van der Waals surface area contributed by atoms with Crippen LogP contribution in [0.15, 0.2) is 48.5 Å². The summed E-state index contributed by atoms with van der Waals surface area (Å²) in [5.74, 6) is -0.375. The van der Waals surface area contributed by atoms with Gasteiger partial charge in [-0.1, -0.05) is 18.2 Å². The van der Waals surface area contributed by atoms with Gasteiger partial charge in [0.05, 0.1) is 0 Å². The third kappa shape index (κ3) is 5.56. The molecule has 0 atom stereocenters. The molecule has 0 spiro atoms. The largest absolute Gasteiger partial charge is 0.435 e. The molecule has 5 nitrogen and oxygen atoms in total. The Hall–Kier alpha value is -2.96. The number of anilines is 1. The van der Waals surface area contributed by atoms with E-state index in [1.807, 2.05) is 0 Å². The maximum Gasteiger partial charge on any atom is 0.387 e. The van der Waals surface area contributed by atoms with E-state index < -0.39 is 6.61 Å². The van der Waals surface area contributed by atoms with E-state index in [2.05, 4.69) is 10.1 Å².